The van der Waals surface area contributed by atoms with Gasteiger partial charge in [-0.25, -0.2) is 0 Å². The van der Waals surface area contributed by atoms with Crippen molar-refractivity contribution in [3.05, 3.63) is 41.7 Å². The van der Waals surface area contributed by atoms with Gasteiger partial charge in [0.15, 0.2) is 5.69 Å². The molecule has 1 fully saturated rings. The van der Waals surface area contributed by atoms with Crippen molar-refractivity contribution >= 4 is 5.91 Å². The predicted molar refractivity (Wildman–Crippen MR) is 98.5 cm³/mol. The van der Waals surface area contributed by atoms with E-state index in [0.717, 1.165) is 31.0 Å². The fourth-order valence-electron chi connectivity index (χ4n) is 3.20. The first kappa shape index (κ1) is 18.3. The maximum atomic E-state index is 12.6. The highest BCUT2D eigenvalue weighted by Gasteiger charge is 2.25. The molecule has 2 heterocycles. The van der Waals surface area contributed by atoms with E-state index in [0.29, 0.717) is 24.1 Å². The zero-order valence-electron chi connectivity index (χ0n) is 15.6. The average molecular weight is 358 g/mol. The highest BCUT2D eigenvalue weighted by atomic mass is 16.5. The van der Waals surface area contributed by atoms with Crippen molar-refractivity contribution in [1.82, 2.24) is 20.0 Å². The molecular weight excluding hydrogens is 332 g/mol. The van der Waals surface area contributed by atoms with Crippen LogP contribution in [0.15, 0.2) is 30.3 Å². The van der Waals surface area contributed by atoms with Crippen molar-refractivity contribution in [2.75, 3.05) is 34.3 Å². The van der Waals surface area contributed by atoms with Gasteiger partial charge in [0.2, 0.25) is 0 Å². The number of benzene rings is 1. The normalized spacial score (nSPS) is 17.3. The summed E-state index contributed by atoms with van der Waals surface area (Å²) in [7, 11) is 5.56. The van der Waals surface area contributed by atoms with E-state index in [-0.39, 0.29) is 5.91 Å². The molecular formula is C19H26N4O3. The molecule has 0 spiro atoms. The van der Waals surface area contributed by atoms with Gasteiger partial charge in [-0.1, -0.05) is 6.07 Å². The number of hydrogen-bond acceptors (Lipinski definition) is 5. The molecule has 140 valence electrons. The highest BCUT2D eigenvalue weighted by Crippen LogP contribution is 2.20. The summed E-state index contributed by atoms with van der Waals surface area (Å²) in [5.41, 5.74) is 1.17. The van der Waals surface area contributed by atoms with Gasteiger partial charge in [0.25, 0.3) is 5.91 Å². The zero-order valence-corrected chi connectivity index (χ0v) is 15.6. The SMILES string of the molecule is COc1cccc(OCc2cc(C(=O)N(C)C[C@@H]3CCCN3C)n[nH]2)c1. The molecule has 7 heteroatoms. The van der Waals surface area contributed by atoms with Gasteiger partial charge in [0.05, 0.1) is 12.8 Å². The third-order valence-electron chi connectivity index (χ3n) is 4.79. The summed E-state index contributed by atoms with van der Waals surface area (Å²) in [5.74, 6) is 1.36. The lowest BCUT2D eigenvalue weighted by atomic mass is 10.2. The molecule has 7 nitrogen and oxygen atoms in total. The number of likely N-dealkylation sites (tertiary alicyclic amines) is 1. The van der Waals surface area contributed by atoms with E-state index < -0.39 is 0 Å². The van der Waals surface area contributed by atoms with Gasteiger partial charge in [0, 0.05) is 25.7 Å². The van der Waals surface area contributed by atoms with Crippen LogP contribution in [0.1, 0.15) is 29.0 Å². The standard InChI is InChI=1S/C19H26N4O3/c1-22-9-5-6-15(22)12-23(2)19(24)18-10-14(20-21-18)13-26-17-8-4-7-16(11-17)25-3/h4,7-8,10-11,15H,5-6,9,12-13H2,1-3H3,(H,20,21)/t15-/m0/s1. The monoisotopic (exact) mass is 358 g/mol. The molecule has 1 aliphatic rings. The number of nitrogens with zero attached hydrogens (tertiary/aromatic N) is 3. The first-order valence-corrected chi connectivity index (χ1v) is 8.83. The van der Waals surface area contributed by atoms with Crippen molar-refractivity contribution in [2.24, 2.45) is 0 Å². The van der Waals surface area contributed by atoms with Gasteiger partial charge in [-0.15, -0.1) is 0 Å². The number of methoxy groups -OCH3 is 1. The third-order valence-corrected chi connectivity index (χ3v) is 4.79. The molecule has 0 saturated carbocycles. The lowest BCUT2D eigenvalue weighted by molar-refractivity contribution is 0.0755. The Morgan fingerprint density at radius 2 is 2.19 bits per heavy atom. The number of hydrogen-bond donors (Lipinski definition) is 1. The second kappa shape index (κ2) is 8.23. The van der Waals surface area contributed by atoms with Crippen LogP contribution in [-0.4, -0.2) is 66.2 Å². The Bertz CT molecular complexity index is 746. The van der Waals surface area contributed by atoms with Gasteiger partial charge in [0.1, 0.15) is 18.1 Å². The molecule has 0 bridgehead atoms. The van der Waals surface area contributed by atoms with Crippen LogP contribution in [-0.2, 0) is 6.61 Å². The maximum Gasteiger partial charge on any atom is 0.274 e. The molecule has 0 unspecified atom stereocenters. The van der Waals surface area contributed by atoms with Gasteiger partial charge < -0.3 is 19.3 Å². The van der Waals surface area contributed by atoms with Crippen LogP contribution in [0.5, 0.6) is 11.5 Å². The highest BCUT2D eigenvalue weighted by molar-refractivity contribution is 5.92. The largest absolute Gasteiger partial charge is 0.497 e. The van der Waals surface area contributed by atoms with Crippen LogP contribution < -0.4 is 9.47 Å². The number of carbonyl (C=O) groups excluding carboxylic acids is 1. The summed E-state index contributed by atoms with van der Waals surface area (Å²) >= 11 is 0. The zero-order chi connectivity index (χ0) is 18.5. The molecule has 26 heavy (non-hydrogen) atoms. The summed E-state index contributed by atoms with van der Waals surface area (Å²) in [6.07, 6.45) is 2.33. The Balaban J connectivity index is 1.55. The number of ether oxygens (including phenoxy) is 2. The van der Waals surface area contributed by atoms with E-state index in [1.165, 1.54) is 6.42 Å². The topological polar surface area (TPSA) is 70.7 Å². The predicted octanol–water partition coefficient (Wildman–Crippen LogP) is 2.16. The summed E-state index contributed by atoms with van der Waals surface area (Å²) in [6.45, 7) is 2.13. The van der Waals surface area contributed by atoms with Crippen LogP contribution >= 0.6 is 0 Å². The smallest absolute Gasteiger partial charge is 0.274 e. The van der Waals surface area contributed by atoms with E-state index in [1.54, 1.807) is 18.1 Å². The minimum atomic E-state index is -0.0748. The van der Waals surface area contributed by atoms with E-state index in [2.05, 4.69) is 22.1 Å². The Kier molecular flexibility index (Phi) is 5.78. The molecule has 1 aromatic carbocycles. The Morgan fingerprint density at radius 3 is 2.92 bits per heavy atom. The third kappa shape index (κ3) is 4.35. The lowest BCUT2D eigenvalue weighted by Crippen LogP contribution is -2.39. The molecule has 1 aliphatic heterocycles. The van der Waals surface area contributed by atoms with E-state index in [4.69, 9.17) is 9.47 Å². The fourth-order valence-corrected chi connectivity index (χ4v) is 3.20. The Morgan fingerprint density at radius 1 is 1.38 bits per heavy atom. The first-order valence-electron chi connectivity index (χ1n) is 8.83. The quantitative estimate of drug-likeness (QED) is 0.821. The molecule has 2 aromatic rings. The van der Waals surface area contributed by atoms with Crippen molar-refractivity contribution in [3.8, 4) is 11.5 Å². The van der Waals surface area contributed by atoms with Crippen LogP contribution in [0.3, 0.4) is 0 Å². The number of H-pyrrole nitrogens is 1. The van der Waals surface area contributed by atoms with Crippen LogP contribution in [0, 0.1) is 0 Å². The molecule has 0 aliphatic carbocycles. The molecule has 3 rings (SSSR count). The molecule has 1 atom stereocenters. The van der Waals surface area contributed by atoms with Gasteiger partial charge in [-0.3, -0.25) is 9.89 Å². The van der Waals surface area contributed by atoms with Crippen LogP contribution in [0.2, 0.25) is 0 Å². The van der Waals surface area contributed by atoms with Crippen LogP contribution in [0.4, 0.5) is 0 Å². The van der Waals surface area contributed by atoms with Crippen LogP contribution in [0.25, 0.3) is 0 Å². The minimum absolute atomic E-state index is 0.0748. The second-order valence-corrected chi connectivity index (χ2v) is 6.71. The summed E-state index contributed by atoms with van der Waals surface area (Å²) in [4.78, 5) is 16.6. The summed E-state index contributed by atoms with van der Waals surface area (Å²) in [6, 6.07) is 9.57. The first-order chi connectivity index (χ1) is 12.6. The number of nitrogens with one attached hydrogen (secondary N) is 1. The maximum absolute atomic E-state index is 12.6. The number of aromatic amines is 1. The Labute approximate surface area is 153 Å². The average Bonchev–Trinajstić information content (AvgIpc) is 3.29. The number of likely N-dealkylation sites (N-methyl/N-ethyl adjacent to an activating group) is 2. The number of rotatable bonds is 7. The second-order valence-electron chi connectivity index (χ2n) is 6.71. The van der Waals surface area contributed by atoms with Gasteiger partial charge >= 0.3 is 0 Å². The van der Waals surface area contributed by atoms with E-state index >= 15 is 0 Å². The van der Waals surface area contributed by atoms with Crippen molar-refractivity contribution < 1.29 is 14.3 Å². The van der Waals surface area contributed by atoms with Crippen molar-refractivity contribution in [2.45, 2.75) is 25.5 Å². The number of aromatic nitrogens is 2. The molecule has 0 radical (unpaired) electrons. The molecule has 1 aromatic heterocycles. The van der Waals surface area contributed by atoms with E-state index in [1.807, 2.05) is 31.3 Å². The summed E-state index contributed by atoms with van der Waals surface area (Å²) in [5, 5.41) is 7.02. The van der Waals surface area contributed by atoms with Crippen molar-refractivity contribution in [3.63, 3.8) is 0 Å². The van der Waals surface area contributed by atoms with E-state index in [9.17, 15) is 4.79 Å². The summed E-state index contributed by atoms with van der Waals surface area (Å²) < 4.78 is 10.9. The van der Waals surface area contributed by atoms with Crippen molar-refractivity contribution in [1.29, 1.82) is 0 Å². The minimum Gasteiger partial charge on any atom is -0.497 e. The molecule has 1 N–H and O–H groups in total. The van der Waals surface area contributed by atoms with Gasteiger partial charge in [-0.05, 0) is 44.6 Å². The molecule has 1 amide bonds. The molecule has 1 saturated heterocycles. The number of carbonyl (C=O) groups is 1. The lowest BCUT2D eigenvalue weighted by Gasteiger charge is -2.25. The number of amides is 1. The Hall–Kier alpha value is -2.54. The fraction of sp³-hybridized carbons (Fsp3) is 0.474. The van der Waals surface area contributed by atoms with Gasteiger partial charge in [-0.2, -0.15) is 5.10 Å².